The van der Waals surface area contributed by atoms with Crippen molar-refractivity contribution in [2.75, 3.05) is 18.4 Å². The number of nitrogens with zero attached hydrogens (tertiary/aromatic N) is 1. The molecule has 5 nitrogen and oxygen atoms in total. The third-order valence-electron chi connectivity index (χ3n) is 3.42. The van der Waals surface area contributed by atoms with Crippen molar-refractivity contribution in [3.05, 3.63) is 29.8 Å². The van der Waals surface area contributed by atoms with Crippen LogP contribution in [0.1, 0.15) is 31.4 Å². The average Bonchev–Trinajstić information content (AvgIpc) is 2.39. The second-order valence-electron chi connectivity index (χ2n) is 5.06. The first-order valence-corrected chi connectivity index (χ1v) is 6.66. The molecular formula is C14H21N3O2. The number of likely N-dealkylation sites (tertiary alicyclic amines) is 1. The number of hydrogen-bond donors (Lipinski definition) is 3. The van der Waals surface area contributed by atoms with Crippen LogP contribution < -0.4 is 11.1 Å². The minimum absolute atomic E-state index is 0.0537. The lowest BCUT2D eigenvalue weighted by molar-refractivity contribution is 0.0972. The largest absolute Gasteiger partial charge is 0.393 e. The standard InChI is InChI=1S/C14H21N3O2/c1-10(15)11-3-2-4-12(9-11)16-14(19)17-7-5-13(18)6-8-17/h2-4,9-10,13,18H,5-8,15H2,1H3,(H,16,19). The summed E-state index contributed by atoms with van der Waals surface area (Å²) in [5, 5.41) is 12.3. The monoisotopic (exact) mass is 263 g/mol. The first-order valence-electron chi connectivity index (χ1n) is 6.66. The van der Waals surface area contributed by atoms with E-state index in [1.54, 1.807) is 4.90 Å². The highest BCUT2D eigenvalue weighted by molar-refractivity contribution is 5.89. The van der Waals surface area contributed by atoms with Gasteiger partial charge >= 0.3 is 6.03 Å². The number of anilines is 1. The van der Waals surface area contributed by atoms with Gasteiger partial charge in [-0.05, 0) is 37.5 Å². The van der Waals surface area contributed by atoms with E-state index in [2.05, 4.69) is 5.32 Å². The Morgan fingerprint density at radius 1 is 1.47 bits per heavy atom. The number of aliphatic hydroxyl groups is 1. The summed E-state index contributed by atoms with van der Waals surface area (Å²) in [5.41, 5.74) is 7.57. The average molecular weight is 263 g/mol. The first-order chi connectivity index (χ1) is 9.06. The van der Waals surface area contributed by atoms with Crippen molar-refractivity contribution in [1.29, 1.82) is 0 Å². The fourth-order valence-electron chi connectivity index (χ4n) is 2.17. The van der Waals surface area contributed by atoms with Crippen molar-refractivity contribution in [2.45, 2.75) is 31.9 Å². The molecule has 5 heteroatoms. The number of amides is 2. The summed E-state index contributed by atoms with van der Waals surface area (Å²) >= 11 is 0. The lowest BCUT2D eigenvalue weighted by Crippen LogP contribution is -2.42. The van der Waals surface area contributed by atoms with Crippen LogP contribution in [0.3, 0.4) is 0 Å². The number of rotatable bonds is 2. The topological polar surface area (TPSA) is 78.6 Å². The SMILES string of the molecule is CC(N)c1cccc(NC(=O)N2CCC(O)CC2)c1. The molecule has 0 aromatic heterocycles. The maximum Gasteiger partial charge on any atom is 0.321 e. The number of carbonyl (C=O) groups is 1. The molecule has 1 aliphatic rings. The van der Waals surface area contributed by atoms with Crippen molar-refractivity contribution in [1.82, 2.24) is 4.90 Å². The molecule has 2 amide bonds. The molecule has 1 aliphatic heterocycles. The Hall–Kier alpha value is -1.59. The summed E-state index contributed by atoms with van der Waals surface area (Å²) in [6.45, 7) is 3.10. The van der Waals surface area contributed by atoms with E-state index in [4.69, 9.17) is 5.73 Å². The first kappa shape index (κ1) is 13.8. The van der Waals surface area contributed by atoms with Crippen LogP contribution in [0.25, 0.3) is 0 Å². The Kier molecular flexibility index (Phi) is 4.39. The maximum absolute atomic E-state index is 12.1. The van der Waals surface area contributed by atoms with E-state index in [1.165, 1.54) is 0 Å². The summed E-state index contributed by atoms with van der Waals surface area (Å²) < 4.78 is 0. The molecule has 2 rings (SSSR count). The Balaban J connectivity index is 1.97. The van der Waals surface area contributed by atoms with Crippen LogP contribution in [0.5, 0.6) is 0 Å². The molecular weight excluding hydrogens is 242 g/mol. The van der Waals surface area contributed by atoms with Crippen LogP contribution in [-0.4, -0.2) is 35.2 Å². The lowest BCUT2D eigenvalue weighted by Gasteiger charge is -2.29. The van der Waals surface area contributed by atoms with Gasteiger partial charge in [0.15, 0.2) is 0 Å². The Labute approximate surface area is 113 Å². The third-order valence-corrected chi connectivity index (χ3v) is 3.42. The number of carbonyl (C=O) groups excluding carboxylic acids is 1. The Morgan fingerprint density at radius 3 is 2.79 bits per heavy atom. The molecule has 1 unspecified atom stereocenters. The van der Waals surface area contributed by atoms with Crippen molar-refractivity contribution >= 4 is 11.7 Å². The summed E-state index contributed by atoms with van der Waals surface area (Å²) in [4.78, 5) is 13.8. The number of aliphatic hydroxyl groups excluding tert-OH is 1. The minimum atomic E-state index is -0.273. The number of hydrogen-bond acceptors (Lipinski definition) is 3. The van der Waals surface area contributed by atoms with Gasteiger partial charge in [-0.1, -0.05) is 12.1 Å². The van der Waals surface area contributed by atoms with E-state index in [0.29, 0.717) is 25.9 Å². The highest BCUT2D eigenvalue weighted by Crippen LogP contribution is 2.17. The van der Waals surface area contributed by atoms with Gasteiger partial charge in [0, 0.05) is 24.8 Å². The quantitative estimate of drug-likeness (QED) is 0.760. The van der Waals surface area contributed by atoms with Gasteiger partial charge in [-0.3, -0.25) is 0 Å². The normalized spacial score (nSPS) is 18.2. The van der Waals surface area contributed by atoms with Gasteiger partial charge in [-0.2, -0.15) is 0 Å². The van der Waals surface area contributed by atoms with Gasteiger partial charge in [0.1, 0.15) is 0 Å². The summed E-state index contributed by atoms with van der Waals surface area (Å²) in [5.74, 6) is 0. The minimum Gasteiger partial charge on any atom is -0.393 e. The molecule has 104 valence electrons. The zero-order chi connectivity index (χ0) is 13.8. The molecule has 0 saturated carbocycles. The van der Waals surface area contributed by atoms with Gasteiger partial charge in [0.25, 0.3) is 0 Å². The summed E-state index contributed by atoms with van der Waals surface area (Å²) in [6, 6.07) is 7.39. The van der Waals surface area contributed by atoms with Gasteiger partial charge in [0.2, 0.25) is 0 Å². The van der Waals surface area contributed by atoms with Crippen molar-refractivity contribution in [2.24, 2.45) is 5.73 Å². The zero-order valence-electron chi connectivity index (χ0n) is 11.2. The molecule has 4 N–H and O–H groups in total. The van der Waals surface area contributed by atoms with Crippen molar-refractivity contribution in [3.63, 3.8) is 0 Å². The second-order valence-corrected chi connectivity index (χ2v) is 5.06. The molecule has 1 aromatic rings. The molecule has 1 heterocycles. The number of nitrogens with two attached hydrogens (primary N) is 1. The highest BCUT2D eigenvalue weighted by Gasteiger charge is 2.21. The van der Waals surface area contributed by atoms with Crippen LogP contribution in [0.4, 0.5) is 10.5 Å². The smallest absolute Gasteiger partial charge is 0.321 e. The number of benzene rings is 1. The molecule has 1 saturated heterocycles. The van der Waals surface area contributed by atoms with Crippen molar-refractivity contribution < 1.29 is 9.90 Å². The Morgan fingerprint density at radius 2 is 2.16 bits per heavy atom. The van der Waals surface area contributed by atoms with Crippen LogP contribution in [0, 0.1) is 0 Å². The number of urea groups is 1. The molecule has 0 radical (unpaired) electrons. The van der Waals surface area contributed by atoms with E-state index in [1.807, 2.05) is 31.2 Å². The summed E-state index contributed by atoms with van der Waals surface area (Å²) in [6.07, 6.45) is 1.02. The molecule has 1 fully saturated rings. The van der Waals surface area contributed by atoms with E-state index in [9.17, 15) is 9.90 Å². The molecule has 0 bridgehead atoms. The zero-order valence-corrected chi connectivity index (χ0v) is 11.2. The molecule has 1 aromatic carbocycles. The van der Waals surface area contributed by atoms with Gasteiger partial charge in [-0.25, -0.2) is 4.79 Å². The highest BCUT2D eigenvalue weighted by atomic mass is 16.3. The van der Waals surface area contributed by atoms with Crippen LogP contribution >= 0.6 is 0 Å². The fraction of sp³-hybridized carbons (Fsp3) is 0.500. The van der Waals surface area contributed by atoms with Crippen molar-refractivity contribution in [3.8, 4) is 0 Å². The van der Waals surface area contributed by atoms with Gasteiger partial charge in [0.05, 0.1) is 6.10 Å². The molecule has 19 heavy (non-hydrogen) atoms. The molecule has 0 aliphatic carbocycles. The predicted octanol–water partition coefficient (Wildman–Crippen LogP) is 1.69. The maximum atomic E-state index is 12.1. The van der Waals surface area contributed by atoms with Gasteiger partial charge in [-0.15, -0.1) is 0 Å². The van der Waals surface area contributed by atoms with E-state index >= 15 is 0 Å². The van der Waals surface area contributed by atoms with Crippen LogP contribution in [-0.2, 0) is 0 Å². The Bertz CT molecular complexity index is 440. The second kappa shape index (κ2) is 6.04. The van der Waals surface area contributed by atoms with Crippen LogP contribution in [0.2, 0.25) is 0 Å². The lowest BCUT2D eigenvalue weighted by atomic mass is 10.1. The summed E-state index contributed by atoms with van der Waals surface area (Å²) in [7, 11) is 0. The fourth-order valence-corrected chi connectivity index (χ4v) is 2.17. The van der Waals surface area contributed by atoms with Crippen LogP contribution in [0.15, 0.2) is 24.3 Å². The van der Waals surface area contributed by atoms with Gasteiger partial charge < -0.3 is 21.1 Å². The number of piperidine rings is 1. The molecule has 1 atom stereocenters. The predicted molar refractivity (Wildman–Crippen MR) is 74.9 cm³/mol. The van der Waals surface area contributed by atoms with E-state index in [-0.39, 0.29) is 18.2 Å². The third kappa shape index (κ3) is 3.68. The van der Waals surface area contributed by atoms with E-state index in [0.717, 1.165) is 11.3 Å². The number of nitrogens with one attached hydrogen (secondary N) is 1. The van der Waals surface area contributed by atoms with E-state index < -0.39 is 0 Å². The molecule has 0 spiro atoms.